The van der Waals surface area contributed by atoms with Crippen molar-refractivity contribution in [2.45, 2.75) is 25.8 Å². The summed E-state index contributed by atoms with van der Waals surface area (Å²) < 4.78 is 0. The lowest BCUT2D eigenvalue weighted by Crippen LogP contribution is -2.14. The fourth-order valence-electron chi connectivity index (χ4n) is 1.99. The first kappa shape index (κ1) is 12.6. The number of nitrogens with one attached hydrogen (secondary N) is 1. The standard InChI is InChI=1S/C12H14ClN5S/c1-6-5-19-11(15-6)10(7-2-3-7)17-9-4-8(13)16-12(14)18-9/h4-5,7,10H,2-3H2,1H3,(H3,14,16,17,18)/t10-/m1/s1. The van der Waals surface area contributed by atoms with Gasteiger partial charge in [0, 0.05) is 17.1 Å². The lowest BCUT2D eigenvalue weighted by Gasteiger charge is -2.16. The van der Waals surface area contributed by atoms with E-state index in [1.165, 1.54) is 12.8 Å². The number of anilines is 2. The summed E-state index contributed by atoms with van der Waals surface area (Å²) >= 11 is 7.57. The zero-order chi connectivity index (χ0) is 13.4. The highest BCUT2D eigenvalue weighted by Crippen LogP contribution is 2.43. The van der Waals surface area contributed by atoms with E-state index < -0.39 is 0 Å². The van der Waals surface area contributed by atoms with Crippen molar-refractivity contribution in [1.29, 1.82) is 0 Å². The molecule has 0 bridgehead atoms. The Morgan fingerprint density at radius 3 is 2.79 bits per heavy atom. The molecular weight excluding hydrogens is 282 g/mol. The second-order valence-electron chi connectivity index (χ2n) is 4.72. The number of nitrogen functional groups attached to an aromatic ring is 1. The summed E-state index contributed by atoms with van der Waals surface area (Å²) in [5.74, 6) is 1.45. The number of aromatic nitrogens is 3. The predicted molar refractivity (Wildman–Crippen MR) is 77.4 cm³/mol. The minimum Gasteiger partial charge on any atom is -0.368 e. The number of thiazole rings is 1. The van der Waals surface area contributed by atoms with E-state index in [-0.39, 0.29) is 12.0 Å². The van der Waals surface area contributed by atoms with Gasteiger partial charge in [0.05, 0.1) is 6.04 Å². The highest BCUT2D eigenvalue weighted by Gasteiger charge is 2.34. The van der Waals surface area contributed by atoms with Crippen LogP contribution in [0.15, 0.2) is 11.4 Å². The van der Waals surface area contributed by atoms with Crippen LogP contribution in [0, 0.1) is 12.8 Å². The second kappa shape index (κ2) is 4.94. The van der Waals surface area contributed by atoms with Gasteiger partial charge >= 0.3 is 0 Å². The highest BCUT2D eigenvalue weighted by atomic mass is 35.5. The van der Waals surface area contributed by atoms with Gasteiger partial charge in [0.25, 0.3) is 0 Å². The van der Waals surface area contributed by atoms with Gasteiger partial charge in [-0.1, -0.05) is 11.6 Å². The second-order valence-corrected chi connectivity index (χ2v) is 6.00. The molecule has 3 N–H and O–H groups in total. The van der Waals surface area contributed by atoms with E-state index in [9.17, 15) is 0 Å². The molecule has 2 heterocycles. The quantitative estimate of drug-likeness (QED) is 0.848. The Morgan fingerprint density at radius 1 is 1.42 bits per heavy atom. The molecule has 0 unspecified atom stereocenters. The summed E-state index contributed by atoms with van der Waals surface area (Å²) in [4.78, 5) is 12.6. The van der Waals surface area contributed by atoms with Crippen molar-refractivity contribution in [1.82, 2.24) is 15.0 Å². The topological polar surface area (TPSA) is 76.7 Å². The van der Waals surface area contributed by atoms with Gasteiger partial charge in [-0.25, -0.2) is 9.97 Å². The minimum absolute atomic E-state index is 0.180. The van der Waals surface area contributed by atoms with E-state index in [2.05, 4.69) is 25.6 Å². The summed E-state index contributed by atoms with van der Waals surface area (Å²) in [6.45, 7) is 2.00. The minimum atomic E-state index is 0.180. The van der Waals surface area contributed by atoms with Crippen LogP contribution in [-0.2, 0) is 0 Å². The first-order valence-corrected chi connectivity index (χ1v) is 7.36. The van der Waals surface area contributed by atoms with Crippen LogP contribution >= 0.6 is 22.9 Å². The number of rotatable bonds is 4. The third kappa shape index (κ3) is 2.96. The molecule has 0 spiro atoms. The Kier molecular flexibility index (Phi) is 3.28. The molecule has 2 aromatic rings. The van der Waals surface area contributed by atoms with Crippen molar-refractivity contribution in [3.05, 3.63) is 27.3 Å². The van der Waals surface area contributed by atoms with Crippen LogP contribution in [0.3, 0.4) is 0 Å². The summed E-state index contributed by atoms with van der Waals surface area (Å²) in [7, 11) is 0. The number of aryl methyl sites for hydroxylation is 1. The molecule has 0 saturated heterocycles. The zero-order valence-corrected chi connectivity index (χ0v) is 12.0. The van der Waals surface area contributed by atoms with Crippen molar-refractivity contribution < 1.29 is 0 Å². The number of hydrogen-bond donors (Lipinski definition) is 2. The van der Waals surface area contributed by atoms with Crippen molar-refractivity contribution in [2.24, 2.45) is 5.92 Å². The maximum absolute atomic E-state index is 5.89. The Balaban J connectivity index is 1.85. The summed E-state index contributed by atoms with van der Waals surface area (Å²) in [5.41, 5.74) is 6.66. The average Bonchev–Trinajstić information content (AvgIpc) is 3.07. The molecule has 1 aliphatic rings. The van der Waals surface area contributed by atoms with Gasteiger partial charge in [0.1, 0.15) is 16.0 Å². The fraction of sp³-hybridized carbons (Fsp3) is 0.417. The van der Waals surface area contributed by atoms with E-state index in [1.54, 1.807) is 17.4 Å². The number of hydrogen-bond acceptors (Lipinski definition) is 6. The fourth-order valence-corrected chi connectivity index (χ4v) is 3.12. The van der Waals surface area contributed by atoms with E-state index in [4.69, 9.17) is 17.3 Å². The van der Waals surface area contributed by atoms with Gasteiger partial charge in [0.15, 0.2) is 0 Å². The van der Waals surface area contributed by atoms with Gasteiger partial charge in [-0.3, -0.25) is 0 Å². The van der Waals surface area contributed by atoms with Gasteiger partial charge in [-0.05, 0) is 25.7 Å². The number of nitrogens with zero attached hydrogens (tertiary/aromatic N) is 3. The van der Waals surface area contributed by atoms with Crippen LogP contribution in [-0.4, -0.2) is 15.0 Å². The maximum Gasteiger partial charge on any atom is 0.223 e. The maximum atomic E-state index is 5.89. The molecule has 0 aliphatic heterocycles. The van der Waals surface area contributed by atoms with Crippen LogP contribution in [0.4, 0.5) is 11.8 Å². The van der Waals surface area contributed by atoms with Crippen LogP contribution in [0.1, 0.15) is 29.6 Å². The first-order chi connectivity index (χ1) is 9.11. The third-order valence-electron chi connectivity index (χ3n) is 3.01. The molecule has 0 amide bonds. The molecule has 1 saturated carbocycles. The van der Waals surface area contributed by atoms with Crippen LogP contribution in [0.25, 0.3) is 0 Å². The average molecular weight is 296 g/mol. The zero-order valence-electron chi connectivity index (χ0n) is 10.4. The van der Waals surface area contributed by atoms with Gasteiger partial charge in [-0.2, -0.15) is 4.98 Å². The Labute approximate surface area is 120 Å². The number of nitrogens with two attached hydrogens (primary N) is 1. The molecule has 0 aromatic carbocycles. The Morgan fingerprint density at radius 2 is 2.21 bits per heavy atom. The van der Waals surface area contributed by atoms with E-state index in [0.717, 1.165) is 10.7 Å². The van der Waals surface area contributed by atoms with Crippen LogP contribution in [0.2, 0.25) is 5.15 Å². The molecule has 1 fully saturated rings. The summed E-state index contributed by atoms with van der Waals surface area (Å²) in [6, 6.07) is 1.87. The van der Waals surface area contributed by atoms with E-state index in [0.29, 0.717) is 16.9 Å². The molecule has 7 heteroatoms. The van der Waals surface area contributed by atoms with Gasteiger partial charge < -0.3 is 11.1 Å². The molecule has 19 heavy (non-hydrogen) atoms. The molecule has 2 aromatic heterocycles. The van der Waals surface area contributed by atoms with Crippen LogP contribution in [0.5, 0.6) is 0 Å². The highest BCUT2D eigenvalue weighted by molar-refractivity contribution is 7.09. The normalized spacial score (nSPS) is 16.3. The van der Waals surface area contributed by atoms with Gasteiger partial charge in [-0.15, -0.1) is 11.3 Å². The molecule has 3 rings (SSSR count). The van der Waals surface area contributed by atoms with Gasteiger partial charge in [0.2, 0.25) is 5.95 Å². The van der Waals surface area contributed by atoms with Crippen molar-refractivity contribution in [3.63, 3.8) is 0 Å². The SMILES string of the molecule is Cc1csc([C@H](Nc2cc(Cl)nc(N)n2)C2CC2)n1. The first-order valence-electron chi connectivity index (χ1n) is 6.10. The summed E-state index contributed by atoms with van der Waals surface area (Å²) in [6.07, 6.45) is 2.43. The molecule has 1 atom stereocenters. The monoisotopic (exact) mass is 295 g/mol. The van der Waals surface area contributed by atoms with Crippen molar-refractivity contribution in [2.75, 3.05) is 11.1 Å². The smallest absolute Gasteiger partial charge is 0.223 e. The van der Waals surface area contributed by atoms with E-state index >= 15 is 0 Å². The summed E-state index contributed by atoms with van der Waals surface area (Å²) in [5, 5.41) is 6.89. The molecular formula is C12H14ClN5S. The molecule has 1 aliphatic carbocycles. The Hall–Kier alpha value is -1.40. The van der Waals surface area contributed by atoms with E-state index in [1.807, 2.05) is 6.92 Å². The predicted octanol–water partition coefficient (Wildman–Crippen LogP) is 3.04. The number of halogens is 1. The van der Waals surface area contributed by atoms with Crippen LogP contribution < -0.4 is 11.1 Å². The van der Waals surface area contributed by atoms with Crippen molar-refractivity contribution >= 4 is 34.7 Å². The largest absolute Gasteiger partial charge is 0.368 e. The molecule has 5 nitrogen and oxygen atoms in total. The lowest BCUT2D eigenvalue weighted by molar-refractivity contribution is 0.669. The Bertz CT molecular complexity index is 575. The molecule has 0 radical (unpaired) electrons. The van der Waals surface area contributed by atoms with Crippen molar-refractivity contribution in [3.8, 4) is 0 Å². The lowest BCUT2D eigenvalue weighted by atomic mass is 10.2. The third-order valence-corrected chi connectivity index (χ3v) is 4.25. The molecule has 100 valence electrons.